The van der Waals surface area contributed by atoms with Crippen molar-refractivity contribution in [3.05, 3.63) is 23.8 Å². The van der Waals surface area contributed by atoms with Crippen LogP contribution in [0.25, 0.3) is 0 Å². The maximum absolute atomic E-state index is 14.9. The van der Waals surface area contributed by atoms with E-state index in [1.807, 2.05) is 6.92 Å². The molecule has 3 saturated heterocycles. The number of anilines is 2. The molecule has 2 amide bonds. The molecule has 1 atom stereocenters. The molecule has 33 heavy (non-hydrogen) atoms. The van der Waals surface area contributed by atoms with Crippen LogP contribution in [0.2, 0.25) is 0 Å². The van der Waals surface area contributed by atoms with Crippen LogP contribution >= 0.6 is 0 Å². The van der Waals surface area contributed by atoms with Crippen molar-refractivity contribution in [3.63, 3.8) is 0 Å². The minimum absolute atomic E-state index is 0.0655. The van der Waals surface area contributed by atoms with Crippen molar-refractivity contribution in [2.45, 2.75) is 38.7 Å². The number of hydrogen-bond acceptors (Lipinski definition) is 6. The van der Waals surface area contributed by atoms with Crippen molar-refractivity contribution in [3.8, 4) is 0 Å². The smallest absolute Gasteiger partial charge is 0.414 e. The maximum Gasteiger partial charge on any atom is 0.414 e. The quantitative estimate of drug-likeness (QED) is 0.638. The Morgan fingerprint density at radius 1 is 1.15 bits per heavy atom. The van der Waals surface area contributed by atoms with Crippen LogP contribution in [0.3, 0.4) is 0 Å². The van der Waals surface area contributed by atoms with Gasteiger partial charge in [0, 0.05) is 31.6 Å². The first-order valence-corrected chi connectivity index (χ1v) is 13.2. The fourth-order valence-electron chi connectivity index (χ4n) is 4.86. The van der Waals surface area contributed by atoms with Gasteiger partial charge in [0.15, 0.2) is 21.5 Å². The van der Waals surface area contributed by atoms with Crippen LogP contribution in [0.15, 0.2) is 12.1 Å². The van der Waals surface area contributed by atoms with E-state index in [2.05, 4.69) is 5.32 Å². The summed E-state index contributed by atoms with van der Waals surface area (Å²) in [6.07, 6.45) is 1.13. The Morgan fingerprint density at radius 3 is 2.36 bits per heavy atom. The van der Waals surface area contributed by atoms with Gasteiger partial charge in [-0.05, 0) is 31.1 Å². The van der Waals surface area contributed by atoms with Crippen LogP contribution in [0.5, 0.6) is 0 Å². The summed E-state index contributed by atoms with van der Waals surface area (Å²) in [5.74, 6) is -0.839. The first kappa shape index (κ1) is 23.7. The molecule has 1 N–H and O–H groups in total. The standard InChI is InChI=1S/C22H29F2N3O5S/c1-2-3-20(28)25-10-17-11-27(22(29)32-17)16-8-18(23)21(19(24)9-16)26-6-4-14(5-7-26)15-12-33(30,31)13-15/h8-9,14-15,17H,2-7,10-13H2,1H3,(H,25,28)/t17-/m0/s1. The van der Waals surface area contributed by atoms with Gasteiger partial charge in [-0.1, -0.05) is 6.92 Å². The second-order valence-corrected chi connectivity index (χ2v) is 11.2. The van der Waals surface area contributed by atoms with E-state index >= 15 is 0 Å². The number of cyclic esters (lactones) is 1. The molecule has 3 fully saturated rings. The molecule has 0 spiro atoms. The Morgan fingerprint density at radius 2 is 1.79 bits per heavy atom. The Balaban J connectivity index is 1.37. The number of carbonyl (C=O) groups is 2. The highest BCUT2D eigenvalue weighted by molar-refractivity contribution is 7.92. The van der Waals surface area contributed by atoms with E-state index in [0.29, 0.717) is 38.8 Å². The fourth-order valence-corrected chi connectivity index (χ4v) is 6.61. The number of piperidine rings is 1. The second kappa shape index (κ2) is 9.44. The molecule has 8 nitrogen and oxygen atoms in total. The van der Waals surface area contributed by atoms with Crippen LogP contribution in [-0.2, 0) is 19.4 Å². The molecular formula is C22H29F2N3O5S. The fraction of sp³-hybridized carbons (Fsp3) is 0.636. The third-order valence-corrected chi connectivity index (χ3v) is 8.52. The van der Waals surface area contributed by atoms with E-state index in [9.17, 15) is 26.8 Å². The summed E-state index contributed by atoms with van der Waals surface area (Å²) >= 11 is 0. The SMILES string of the molecule is CCCC(=O)NC[C@H]1CN(c2cc(F)c(N3CCC(C4CS(=O)(=O)C4)CC3)c(F)c2)C(=O)O1. The van der Waals surface area contributed by atoms with Gasteiger partial charge in [0.25, 0.3) is 0 Å². The molecule has 0 bridgehead atoms. The van der Waals surface area contributed by atoms with Gasteiger partial charge in [-0.15, -0.1) is 0 Å². The molecule has 3 heterocycles. The van der Waals surface area contributed by atoms with E-state index in [4.69, 9.17) is 4.74 Å². The lowest BCUT2D eigenvalue weighted by atomic mass is 9.86. The molecule has 1 aromatic carbocycles. The average molecular weight is 486 g/mol. The van der Waals surface area contributed by atoms with Crippen molar-refractivity contribution >= 4 is 33.2 Å². The summed E-state index contributed by atoms with van der Waals surface area (Å²) in [5.41, 5.74) is -0.0648. The largest absolute Gasteiger partial charge is 0.442 e. The van der Waals surface area contributed by atoms with Crippen molar-refractivity contribution in [2.24, 2.45) is 11.8 Å². The monoisotopic (exact) mass is 485 g/mol. The maximum atomic E-state index is 14.9. The van der Waals surface area contributed by atoms with Gasteiger partial charge in [-0.2, -0.15) is 0 Å². The number of nitrogens with zero attached hydrogens (tertiary/aromatic N) is 2. The lowest BCUT2D eigenvalue weighted by molar-refractivity contribution is -0.121. The lowest BCUT2D eigenvalue weighted by Crippen LogP contribution is -2.46. The number of sulfone groups is 1. The minimum atomic E-state index is -2.89. The normalized spacial score (nSPS) is 23.4. The Labute approximate surface area is 192 Å². The molecule has 4 rings (SSSR count). The molecule has 0 saturated carbocycles. The number of carbonyl (C=O) groups excluding carboxylic acids is 2. The third kappa shape index (κ3) is 5.23. The van der Waals surface area contributed by atoms with Crippen LogP contribution in [0, 0.1) is 23.5 Å². The second-order valence-electron chi connectivity index (χ2n) is 9.09. The molecule has 0 radical (unpaired) electrons. The van der Waals surface area contributed by atoms with Crippen molar-refractivity contribution in [1.29, 1.82) is 0 Å². The zero-order valence-electron chi connectivity index (χ0n) is 18.6. The highest BCUT2D eigenvalue weighted by Gasteiger charge is 2.40. The number of ether oxygens (including phenoxy) is 1. The number of benzene rings is 1. The summed E-state index contributed by atoms with van der Waals surface area (Å²) < 4.78 is 58.0. The van der Waals surface area contributed by atoms with Gasteiger partial charge in [0.1, 0.15) is 11.8 Å². The summed E-state index contributed by atoms with van der Waals surface area (Å²) in [4.78, 5) is 26.7. The molecule has 11 heteroatoms. The number of halogens is 2. The summed E-state index contributed by atoms with van der Waals surface area (Å²) in [7, 11) is -2.89. The van der Waals surface area contributed by atoms with E-state index in [1.165, 1.54) is 0 Å². The Hall–Kier alpha value is -2.43. The third-order valence-electron chi connectivity index (χ3n) is 6.65. The summed E-state index contributed by atoms with van der Waals surface area (Å²) in [5, 5.41) is 2.69. The van der Waals surface area contributed by atoms with E-state index < -0.39 is 33.7 Å². The van der Waals surface area contributed by atoms with Crippen LogP contribution in [0.4, 0.5) is 25.0 Å². The molecule has 182 valence electrons. The molecule has 0 aliphatic carbocycles. The Kier molecular flexibility index (Phi) is 6.78. The van der Waals surface area contributed by atoms with E-state index in [1.54, 1.807) is 4.90 Å². The van der Waals surface area contributed by atoms with Crippen molar-refractivity contribution < 1.29 is 31.5 Å². The molecule has 3 aliphatic heterocycles. The van der Waals surface area contributed by atoms with Gasteiger partial charge in [-0.25, -0.2) is 22.0 Å². The van der Waals surface area contributed by atoms with Crippen molar-refractivity contribution in [2.75, 3.05) is 47.5 Å². The zero-order valence-corrected chi connectivity index (χ0v) is 19.4. The van der Waals surface area contributed by atoms with Crippen LogP contribution in [0.1, 0.15) is 32.6 Å². The van der Waals surface area contributed by atoms with E-state index in [0.717, 1.165) is 17.0 Å². The molecule has 0 unspecified atom stereocenters. The highest BCUT2D eigenvalue weighted by Crippen LogP contribution is 2.37. The van der Waals surface area contributed by atoms with Gasteiger partial charge >= 0.3 is 6.09 Å². The topological polar surface area (TPSA) is 96.0 Å². The number of nitrogens with one attached hydrogen (secondary N) is 1. The van der Waals surface area contributed by atoms with Gasteiger partial charge in [0.2, 0.25) is 5.91 Å². The average Bonchev–Trinajstić information content (AvgIpc) is 3.11. The zero-order chi connectivity index (χ0) is 23.8. The van der Waals surface area contributed by atoms with Gasteiger partial charge < -0.3 is 15.0 Å². The first-order chi connectivity index (χ1) is 15.7. The molecule has 0 aromatic heterocycles. The first-order valence-electron chi connectivity index (χ1n) is 11.4. The predicted octanol–water partition coefficient (Wildman–Crippen LogP) is 2.47. The number of hydrogen-bond donors (Lipinski definition) is 1. The predicted molar refractivity (Wildman–Crippen MR) is 119 cm³/mol. The van der Waals surface area contributed by atoms with E-state index in [-0.39, 0.29) is 53.7 Å². The minimum Gasteiger partial charge on any atom is -0.442 e. The highest BCUT2D eigenvalue weighted by atomic mass is 32.2. The molecule has 3 aliphatic rings. The summed E-state index contributed by atoms with van der Waals surface area (Å²) in [6, 6.07) is 2.25. The van der Waals surface area contributed by atoms with Crippen LogP contribution < -0.4 is 15.1 Å². The number of amides is 2. The Bertz CT molecular complexity index is 992. The molecular weight excluding hydrogens is 456 g/mol. The molecule has 1 aromatic rings. The van der Waals surface area contributed by atoms with Crippen molar-refractivity contribution in [1.82, 2.24) is 5.32 Å². The number of rotatable bonds is 7. The van der Waals surface area contributed by atoms with Crippen LogP contribution in [-0.4, -0.2) is 64.2 Å². The summed E-state index contributed by atoms with van der Waals surface area (Å²) in [6.45, 7) is 2.99. The van der Waals surface area contributed by atoms with Gasteiger partial charge in [-0.3, -0.25) is 9.69 Å². The van der Waals surface area contributed by atoms with Gasteiger partial charge in [0.05, 0.1) is 30.3 Å². The lowest BCUT2D eigenvalue weighted by Gasteiger charge is -2.40.